The number of carbonyl (C=O) groups is 1. The van der Waals surface area contributed by atoms with Gasteiger partial charge in [0, 0.05) is 38.0 Å². The predicted molar refractivity (Wildman–Crippen MR) is 107 cm³/mol. The molecule has 2 aromatic heterocycles. The Labute approximate surface area is 167 Å². The average molecular weight is 404 g/mol. The highest BCUT2D eigenvalue weighted by Gasteiger charge is 2.14. The molecule has 3 aromatic rings. The van der Waals surface area contributed by atoms with Gasteiger partial charge in [0.1, 0.15) is 0 Å². The molecule has 0 saturated carbocycles. The number of hydrogen-bond acceptors (Lipinski definition) is 6. The molecule has 8 nitrogen and oxygen atoms in total. The summed E-state index contributed by atoms with van der Waals surface area (Å²) in [5.41, 5.74) is 1.24. The van der Waals surface area contributed by atoms with Crippen LogP contribution in [-0.4, -0.2) is 47.7 Å². The first-order valence-corrected chi connectivity index (χ1v) is 9.88. The number of aryl methyl sites for hydroxylation is 1. The Hall–Kier alpha value is -2.65. The summed E-state index contributed by atoms with van der Waals surface area (Å²) in [7, 11) is 3.19. The van der Waals surface area contributed by atoms with E-state index in [1.54, 1.807) is 31.2 Å². The third kappa shape index (κ3) is 4.10. The number of amides is 1. The molecule has 1 amide bonds. The highest BCUT2D eigenvalue weighted by atomic mass is 32.1. The number of methoxy groups -OCH3 is 2. The van der Waals surface area contributed by atoms with E-state index in [-0.39, 0.29) is 5.91 Å². The van der Waals surface area contributed by atoms with Crippen LogP contribution in [0.1, 0.15) is 24.3 Å². The Morgan fingerprint density at radius 1 is 1.21 bits per heavy atom. The lowest BCUT2D eigenvalue weighted by Gasteiger charge is -2.09. The van der Waals surface area contributed by atoms with E-state index in [4.69, 9.17) is 14.2 Å². The summed E-state index contributed by atoms with van der Waals surface area (Å²) in [5.74, 6) is 0.883. The fourth-order valence-electron chi connectivity index (χ4n) is 2.79. The van der Waals surface area contributed by atoms with E-state index in [0.29, 0.717) is 48.3 Å². The average Bonchev–Trinajstić information content (AvgIpc) is 3.32. The quantitative estimate of drug-likeness (QED) is 0.540. The van der Waals surface area contributed by atoms with Crippen molar-refractivity contribution in [3.63, 3.8) is 0 Å². The number of aromatic nitrogens is 3. The molecule has 0 bridgehead atoms. The number of hydrogen-bond donors (Lipinski definition) is 0. The van der Waals surface area contributed by atoms with E-state index in [2.05, 4.69) is 10.1 Å². The van der Waals surface area contributed by atoms with Gasteiger partial charge in [0.2, 0.25) is 0 Å². The zero-order valence-corrected chi connectivity index (χ0v) is 17.3. The molecular formula is C19H24N4O4S. The van der Waals surface area contributed by atoms with Crippen molar-refractivity contribution >= 4 is 27.5 Å². The Kier molecular flexibility index (Phi) is 6.48. The van der Waals surface area contributed by atoms with E-state index in [1.807, 2.05) is 30.5 Å². The molecule has 3 rings (SSSR count). The molecule has 0 N–H and O–H groups in total. The van der Waals surface area contributed by atoms with Crippen LogP contribution in [0.25, 0.3) is 10.2 Å². The normalized spacial score (nSPS) is 11.9. The number of thiazole rings is 1. The maximum Gasteiger partial charge on any atom is 0.300 e. The van der Waals surface area contributed by atoms with Crippen LogP contribution in [0.15, 0.2) is 29.4 Å². The van der Waals surface area contributed by atoms with Crippen LogP contribution in [0.2, 0.25) is 0 Å². The minimum Gasteiger partial charge on any atom is -0.493 e. The lowest BCUT2D eigenvalue weighted by atomic mass is 10.3. The number of rotatable bonds is 8. The highest BCUT2D eigenvalue weighted by Crippen LogP contribution is 2.33. The first kappa shape index (κ1) is 20.1. The highest BCUT2D eigenvalue weighted by molar-refractivity contribution is 7.16. The Morgan fingerprint density at radius 2 is 1.96 bits per heavy atom. The smallest absolute Gasteiger partial charge is 0.300 e. The molecule has 0 atom stereocenters. The molecule has 0 aliphatic rings. The van der Waals surface area contributed by atoms with Crippen LogP contribution < -0.4 is 14.3 Å². The first-order chi connectivity index (χ1) is 13.6. The van der Waals surface area contributed by atoms with E-state index in [0.717, 1.165) is 10.2 Å². The van der Waals surface area contributed by atoms with E-state index in [1.165, 1.54) is 11.3 Å². The van der Waals surface area contributed by atoms with Crippen molar-refractivity contribution in [1.29, 1.82) is 0 Å². The molecule has 2 heterocycles. The van der Waals surface area contributed by atoms with Gasteiger partial charge < -0.3 is 18.8 Å². The van der Waals surface area contributed by atoms with Crippen molar-refractivity contribution in [2.75, 3.05) is 27.4 Å². The second kappa shape index (κ2) is 9.03. The third-order valence-electron chi connectivity index (χ3n) is 4.23. The van der Waals surface area contributed by atoms with Crippen molar-refractivity contribution in [3.8, 4) is 11.5 Å². The monoisotopic (exact) mass is 404 g/mol. The van der Waals surface area contributed by atoms with Gasteiger partial charge in [0.15, 0.2) is 22.0 Å². The molecule has 9 heteroatoms. The molecule has 1 aromatic carbocycles. The summed E-state index contributed by atoms with van der Waals surface area (Å²) in [6.45, 7) is 6.32. The second-order valence-corrected chi connectivity index (χ2v) is 6.89. The zero-order chi connectivity index (χ0) is 20.1. The minimum absolute atomic E-state index is 0.325. The molecule has 0 unspecified atom stereocenters. The standard InChI is InChI=1S/C19H24N4O4S/c1-5-22-8-7-13(21-22)18(24)20-19-23(9-10-27-6-2)14-11-15(25-3)16(26-4)12-17(14)28-19/h7-8,11-12H,5-6,9-10H2,1-4H3. The molecule has 150 valence electrons. The van der Waals surface area contributed by atoms with Crippen LogP contribution in [0, 0.1) is 0 Å². The summed E-state index contributed by atoms with van der Waals surface area (Å²) in [4.78, 5) is 17.5. The predicted octanol–water partition coefficient (Wildman–Crippen LogP) is 2.71. The van der Waals surface area contributed by atoms with Gasteiger partial charge in [-0.05, 0) is 19.9 Å². The first-order valence-electron chi connectivity index (χ1n) is 9.06. The van der Waals surface area contributed by atoms with Crippen molar-refractivity contribution < 1.29 is 19.0 Å². The van der Waals surface area contributed by atoms with E-state index in [9.17, 15) is 4.79 Å². The fraction of sp³-hybridized carbons (Fsp3) is 0.421. The molecule has 0 spiro atoms. The van der Waals surface area contributed by atoms with Crippen LogP contribution >= 0.6 is 11.3 Å². The topological polar surface area (TPSA) is 79.9 Å². The summed E-state index contributed by atoms with van der Waals surface area (Å²) in [6.07, 6.45) is 1.77. The van der Waals surface area contributed by atoms with Crippen LogP contribution in [0.4, 0.5) is 0 Å². The Morgan fingerprint density at radius 3 is 2.61 bits per heavy atom. The van der Waals surface area contributed by atoms with Gasteiger partial charge >= 0.3 is 0 Å². The number of ether oxygens (including phenoxy) is 3. The van der Waals surface area contributed by atoms with Gasteiger partial charge in [-0.3, -0.25) is 9.48 Å². The third-order valence-corrected chi connectivity index (χ3v) is 5.27. The molecule has 0 aliphatic carbocycles. The van der Waals surface area contributed by atoms with Crippen LogP contribution in [0.3, 0.4) is 0 Å². The van der Waals surface area contributed by atoms with Gasteiger partial charge in [-0.25, -0.2) is 0 Å². The summed E-state index contributed by atoms with van der Waals surface area (Å²) in [6, 6.07) is 5.47. The van der Waals surface area contributed by atoms with Crippen molar-refractivity contribution in [1.82, 2.24) is 14.3 Å². The molecule has 0 fully saturated rings. The summed E-state index contributed by atoms with van der Waals surface area (Å²) in [5, 5.41) is 4.24. The lowest BCUT2D eigenvalue weighted by Crippen LogP contribution is -2.20. The zero-order valence-electron chi connectivity index (χ0n) is 16.5. The lowest BCUT2D eigenvalue weighted by molar-refractivity contribution is 0.0991. The summed E-state index contributed by atoms with van der Waals surface area (Å²) < 4.78 is 20.9. The van der Waals surface area contributed by atoms with Crippen molar-refractivity contribution in [2.45, 2.75) is 26.9 Å². The number of fused-ring (bicyclic) bond motifs is 1. The maximum absolute atomic E-state index is 12.6. The molecular weight excluding hydrogens is 380 g/mol. The van der Waals surface area contributed by atoms with Gasteiger partial charge in [0.25, 0.3) is 5.91 Å². The molecule has 0 saturated heterocycles. The Bertz CT molecular complexity index is 1030. The Balaban J connectivity index is 2.10. The van der Waals surface area contributed by atoms with Crippen LogP contribution in [-0.2, 0) is 17.8 Å². The number of carbonyl (C=O) groups excluding carboxylic acids is 1. The SMILES string of the molecule is CCOCCn1c(=NC(=O)c2ccn(CC)n2)sc2cc(OC)c(OC)cc21. The van der Waals surface area contributed by atoms with Gasteiger partial charge in [-0.1, -0.05) is 11.3 Å². The van der Waals surface area contributed by atoms with Gasteiger partial charge in [0.05, 0.1) is 31.0 Å². The fourth-order valence-corrected chi connectivity index (χ4v) is 3.86. The number of nitrogens with zero attached hydrogens (tertiary/aromatic N) is 4. The van der Waals surface area contributed by atoms with Gasteiger partial charge in [-0.2, -0.15) is 10.1 Å². The molecule has 0 radical (unpaired) electrons. The van der Waals surface area contributed by atoms with Crippen molar-refractivity contribution in [3.05, 3.63) is 34.9 Å². The second-order valence-electron chi connectivity index (χ2n) is 5.88. The number of benzene rings is 1. The van der Waals surface area contributed by atoms with E-state index >= 15 is 0 Å². The molecule has 0 aliphatic heterocycles. The van der Waals surface area contributed by atoms with Gasteiger partial charge in [-0.15, -0.1) is 0 Å². The largest absolute Gasteiger partial charge is 0.493 e. The van der Waals surface area contributed by atoms with Crippen molar-refractivity contribution in [2.24, 2.45) is 4.99 Å². The maximum atomic E-state index is 12.6. The van der Waals surface area contributed by atoms with Crippen LogP contribution in [0.5, 0.6) is 11.5 Å². The minimum atomic E-state index is -0.372. The molecule has 28 heavy (non-hydrogen) atoms. The summed E-state index contributed by atoms with van der Waals surface area (Å²) >= 11 is 1.42. The van der Waals surface area contributed by atoms with E-state index < -0.39 is 0 Å².